The van der Waals surface area contributed by atoms with Crippen molar-refractivity contribution in [1.82, 2.24) is 9.78 Å². The Labute approximate surface area is 169 Å². The van der Waals surface area contributed by atoms with Crippen molar-refractivity contribution in [3.8, 4) is 0 Å². The first-order valence-corrected chi connectivity index (χ1v) is 9.86. The van der Waals surface area contributed by atoms with Crippen LogP contribution in [0.15, 0.2) is 38.6 Å². The highest BCUT2D eigenvalue weighted by molar-refractivity contribution is 9.13. The molecule has 0 aliphatic carbocycles. The van der Waals surface area contributed by atoms with Gasteiger partial charge in [-0.05, 0) is 62.5 Å². The van der Waals surface area contributed by atoms with Gasteiger partial charge in [-0.15, -0.1) is 11.3 Å². The molecule has 1 aromatic carbocycles. The summed E-state index contributed by atoms with van der Waals surface area (Å²) in [6, 6.07) is 7.76. The molecule has 0 fully saturated rings. The van der Waals surface area contributed by atoms with E-state index in [1.54, 1.807) is 22.9 Å². The normalized spacial score (nSPS) is 10.9. The van der Waals surface area contributed by atoms with Gasteiger partial charge in [0.1, 0.15) is 5.82 Å². The Balaban J connectivity index is 1.77. The van der Waals surface area contributed by atoms with Crippen molar-refractivity contribution in [1.29, 1.82) is 0 Å². The number of carbonyl (C=O) groups excluding carboxylic acids is 1. The number of halogens is 4. The molecule has 0 spiro atoms. The number of carbonyl (C=O) groups is 1. The minimum atomic E-state index is -0.382. The number of hydrogen-bond donors (Lipinski definition) is 1. The van der Waals surface area contributed by atoms with E-state index in [9.17, 15) is 9.18 Å². The first kappa shape index (κ1) is 18.6. The van der Waals surface area contributed by atoms with Gasteiger partial charge in [0.15, 0.2) is 5.82 Å². The summed E-state index contributed by atoms with van der Waals surface area (Å²) >= 11 is 14.1. The van der Waals surface area contributed by atoms with Crippen LogP contribution in [0.4, 0.5) is 10.2 Å². The molecule has 4 nitrogen and oxygen atoms in total. The van der Waals surface area contributed by atoms with Gasteiger partial charge in [-0.1, -0.05) is 17.7 Å². The molecular formula is C16H11Br2ClFN3OS. The summed E-state index contributed by atoms with van der Waals surface area (Å²) in [5.41, 5.74) is 1.60. The lowest BCUT2D eigenvalue weighted by Gasteiger charge is -2.06. The van der Waals surface area contributed by atoms with Crippen LogP contribution in [0.2, 0.25) is 5.02 Å². The average molecular weight is 508 g/mol. The summed E-state index contributed by atoms with van der Waals surface area (Å²) in [5, 5.41) is 7.49. The number of rotatable bonds is 4. The van der Waals surface area contributed by atoms with Crippen LogP contribution in [-0.2, 0) is 6.54 Å². The fourth-order valence-electron chi connectivity index (χ4n) is 2.18. The predicted molar refractivity (Wildman–Crippen MR) is 105 cm³/mol. The second-order valence-corrected chi connectivity index (χ2v) is 8.88. The summed E-state index contributed by atoms with van der Waals surface area (Å²) in [7, 11) is 0. The van der Waals surface area contributed by atoms with Crippen molar-refractivity contribution < 1.29 is 9.18 Å². The van der Waals surface area contributed by atoms with Gasteiger partial charge < -0.3 is 5.32 Å². The molecule has 0 atom stereocenters. The molecule has 1 amide bonds. The SMILES string of the molecule is Cc1cc(NC(=O)c2cc(Br)c(Br)s2)nn1Cc1ccc(F)cc1Cl. The number of benzene rings is 1. The van der Waals surface area contributed by atoms with Crippen molar-refractivity contribution in [2.75, 3.05) is 5.32 Å². The van der Waals surface area contributed by atoms with E-state index in [1.165, 1.54) is 23.5 Å². The smallest absolute Gasteiger partial charge is 0.267 e. The van der Waals surface area contributed by atoms with Gasteiger partial charge in [-0.25, -0.2) is 4.39 Å². The third-order valence-corrected chi connectivity index (χ3v) is 7.03. The zero-order chi connectivity index (χ0) is 18.1. The Hall–Kier alpha value is -1.22. The highest BCUT2D eigenvalue weighted by atomic mass is 79.9. The lowest BCUT2D eigenvalue weighted by atomic mass is 10.2. The Kier molecular flexibility index (Phi) is 5.62. The summed E-state index contributed by atoms with van der Waals surface area (Å²) in [6.07, 6.45) is 0. The van der Waals surface area contributed by atoms with Gasteiger partial charge >= 0.3 is 0 Å². The number of aryl methyl sites for hydroxylation is 1. The molecule has 1 N–H and O–H groups in total. The lowest BCUT2D eigenvalue weighted by molar-refractivity contribution is 0.103. The lowest BCUT2D eigenvalue weighted by Crippen LogP contribution is -2.11. The highest BCUT2D eigenvalue weighted by Crippen LogP contribution is 2.32. The Morgan fingerprint density at radius 1 is 1.36 bits per heavy atom. The quantitative estimate of drug-likeness (QED) is 0.480. The monoisotopic (exact) mass is 505 g/mol. The minimum absolute atomic E-state index is 0.235. The average Bonchev–Trinajstić information content (AvgIpc) is 3.05. The summed E-state index contributed by atoms with van der Waals surface area (Å²) < 4.78 is 16.5. The van der Waals surface area contributed by atoms with Crippen LogP contribution in [0.5, 0.6) is 0 Å². The van der Waals surface area contributed by atoms with Crippen molar-refractivity contribution in [3.05, 3.63) is 65.6 Å². The Morgan fingerprint density at radius 3 is 2.76 bits per heavy atom. The second-order valence-electron chi connectivity index (χ2n) is 5.25. The van der Waals surface area contributed by atoms with E-state index >= 15 is 0 Å². The number of thiophene rings is 1. The standard InChI is InChI=1S/C16H11Br2ClFN3OS/c1-8-4-14(21-16(24)13-6-11(17)15(18)25-13)22-23(8)7-9-2-3-10(20)5-12(9)19/h2-6H,7H2,1H3,(H,21,22,24). The number of hydrogen-bond acceptors (Lipinski definition) is 3. The molecule has 0 aliphatic heterocycles. The molecule has 0 radical (unpaired) electrons. The van der Waals surface area contributed by atoms with Crippen LogP contribution in [0, 0.1) is 12.7 Å². The maximum absolute atomic E-state index is 13.1. The van der Waals surface area contributed by atoms with Gasteiger partial charge in [0.25, 0.3) is 5.91 Å². The van der Waals surface area contributed by atoms with E-state index in [1.807, 2.05) is 6.92 Å². The number of nitrogens with one attached hydrogen (secondary N) is 1. The molecule has 3 aromatic rings. The van der Waals surface area contributed by atoms with Crippen molar-refractivity contribution >= 4 is 66.5 Å². The van der Waals surface area contributed by atoms with E-state index in [4.69, 9.17) is 11.6 Å². The molecule has 0 saturated carbocycles. The largest absolute Gasteiger partial charge is 0.304 e. The third kappa shape index (κ3) is 4.31. The molecule has 2 heterocycles. The summed E-state index contributed by atoms with van der Waals surface area (Å²) in [6.45, 7) is 2.26. The maximum atomic E-state index is 13.1. The molecular weight excluding hydrogens is 497 g/mol. The molecule has 0 aliphatic rings. The van der Waals surface area contributed by atoms with Crippen molar-refractivity contribution in [2.45, 2.75) is 13.5 Å². The predicted octanol–water partition coefficient (Wildman–Crippen LogP) is 5.87. The van der Waals surface area contributed by atoms with E-state index in [2.05, 4.69) is 42.3 Å². The van der Waals surface area contributed by atoms with Crippen LogP contribution in [0.25, 0.3) is 0 Å². The van der Waals surface area contributed by atoms with Crippen LogP contribution in [0.3, 0.4) is 0 Å². The molecule has 3 rings (SSSR count). The topological polar surface area (TPSA) is 46.9 Å². The molecule has 130 valence electrons. The molecule has 2 aromatic heterocycles. The number of amides is 1. The van der Waals surface area contributed by atoms with E-state index in [-0.39, 0.29) is 11.7 Å². The van der Waals surface area contributed by atoms with Crippen LogP contribution < -0.4 is 5.32 Å². The minimum Gasteiger partial charge on any atom is -0.304 e. The summed E-state index contributed by atoms with van der Waals surface area (Å²) in [5.74, 6) is -0.172. The zero-order valence-corrected chi connectivity index (χ0v) is 17.6. The first-order chi connectivity index (χ1) is 11.8. The fourth-order valence-corrected chi connectivity index (χ4v) is 4.34. The Bertz CT molecular complexity index is 938. The number of nitrogens with zero attached hydrogens (tertiary/aromatic N) is 2. The fraction of sp³-hybridized carbons (Fsp3) is 0.125. The first-order valence-electron chi connectivity index (χ1n) is 7.08. The second kappa shape index (κ2) is 7.57. The summed E-state index contributed by atoms with van der Waals surface area (Å²) in [4.78, 5) is 12.9. The van der Waals surface area contributed by atoms with Gasteiger partial charge in [0.05, 0.1) is 15.2 Å². The zero-order valence-electron chi connectivity index (χ0n) is 12.8. The Morgan fingerprint density at radius 2 is 2.12 bits per heavy atom. The molecule has 0 bridgehead atoms. The highest BCUT2D eigenvalue weighted by Gasteiger charge is 2.15. The van der Waals surface area contributed by atoms with Gasteiger partial charge in [0.2, 0.25) is 0 Å². The third-order valence-electron chi connectivity index (χ3n) is 3.43. The van der Waals surface area contributed by atoms with Crippen LogP contribution in [-0.4, -0.2) is 15.7 Å². The number of anilines is 1. The van der Waals surface area contributed by atoms with Gasteiger partial charge in [0, 0.05) is 21.3 Å². The van der Waals surface area contributed by atoms with E-state index < -0.39 is 0 Å². The van der Waals surface area contributed by atoms with Crippen molar-refractivity contribution in [3.63, 3.8) is 0 Å². The molecule has 0 unspecified atom stereocenters. The molecule has 25 heavy (non-hydrogen) atoms. The molecule has 9 heteroatoms. The van der Waals surface area contributed by atoms with E-state index in [0.717, 1.165) is 19.5 Å². The van der Waals surface area contributed by atoms with Gasteiger partial charge in [-0.2, -0.15) is 5.10 Å². The van der Waals surface area contributed by atoms with Crippen LogP contribution >= 0.6 is 54.8 Å². The van der Waals surface area contributed by atoms with Crippen LogP contribution in [0.1, 0.15) is 20.9 Å². The maximum Gasteiger partial charge on any atom is 0.267 e. The number of aromatic nitrogens is 2. The van der Waals surface area contributed by atoms with Gasteiger partial charge in [-0.3, -0.25) is 9.48 Å². The van der Waals surface area contributed by atoms with E-state index in [0.29, 0.717) is 22.3 Å². The van der Waals surface area contributed by atoms with Crippen molar-refractivity contribution in [2.24, 2.45) is 0 Å². The molecule has 0 saturated heterocycles.